The SMILES string of the molecule is CC1(C(=O)NCC2=CCNCC2)CCC1. The normalized spacial score (nSPS) is 23.9. The van der Waals surface area contributed by atoms with E-state index in [1.165, 1.54) is 12.0 Å². The summed E-state index contributed by atoms with van der Waals surface area (Å²) in [6, 6.07) is 0. The molecule has 0 unspecified atom stereocenters. The Balaban J connectivity index is 1.77. The van der Waals surface area contributed by atoms with Crippen LogP contribution in [0.3, 0.4) is 0 Å². The molecular weight excluding hydrogens is 188 g/mol. The van der Waals surface area contributed by atoms with E-state index in [1.54, 1.807) is 0 Å². The zero-order chi connectivity index (χ0) is 10.7. The fraction of sp³-hybridized carbons (Fsp3) is 0.750. The van der Waals surface area contributed by atoms with Crippen LogP contribution in [0.15, 0.2) is 11.6 Å². The molecular formula is C12H20N2O. The first-order valence-electron chi connectivity index (χ1n) is 5.88. The third-order valence-electron chi connectivity index (χ3n) is 3.64. The monoisotopic (exact) mass is 208 g/mol. The highest BCUT2D eigenvalue weighted by molar-refractivity contribution is 5.83. The van der Waals surface area contributed by atoms with E-state index in [-0.39, 0.29) is 11.3 Å². The van der Waals surface area contributed by atoms with Crippen LogP contribution >= 0.6 is 0 Å². The van der Waals surface area contributed by atoms with Crippen molar-refractivity contribution in [1.82, 2.24) is 10.6 Å². The molecule has 0 aromatic heterocycles. The molecule has 2 N–H and O–H groups in total. The predicted molar refractivity (Wildman–Crippen MR) is 60.5 cm³/mol. The van der Waals surface area contributed by atoms with Crippen LogP contribution in [0.1, 0.15) is 32.6 Å². The molecule has 1 heterocycles. The van der Waals surface area contributed by atoms with Gasteiger partial charge >= 0.3 is 0 Å². The van der Waals surface area contributed by atoms with Gasteiger partial charge in [-0.2, -0.15) is 0 Å². The second-order valence-corrected chi connectivity index (χ2v) is 4.91. The standard InChI is InChI=1S/C12H20N2O/c1-12(5-2-6-12)11(15)14-9-10-3-7-13-8-4-10/h3,13H,2,4-9H2,1H3,(H,14,15). The minimum atomic E-state index is -0.0620. The van der Waals surface area contributed by atoms with E-state index in [1.807, 2.05) is 0 Å². The van der Waals surface area contributed by atoms with Gasteiger partial charge in [-0.15, -0.1) is 0 Å². The Morgan fingerprint density at radius 1 is 1.60 bits per heavy atom. The molecule has 1 amide bonds. The molecule has 1 saturated carbocycles. The molecule has 0 atom stereocenters. The fourth-order valence-corrected chi connectivity index (χ4v) is 2.17. The number of hydrogen-bond acceptors (Lipinski definition) is 2. The molecule has 1 aliphatic heterocycles. The van der Waals surface area contributed by atoms with Crippen molar-refractivity contribution >= 4 is 5.91 Å². The molecule has 0 spiro atoms. The first-order valence-corrected chi connectivity index (χ1v) is 5.88. The quantitative estimate of drug-likeness (QED) is 0.685. The Morgan fingerprint density at radius 3 is 2.93 bits per heavy atom. The largest absolute Gasteiger partial charge is 0.352 e. The lowest BCUT2D eigenvalue weighted by atomic mass is 9.70. The molecule has 3 heteroatoms. The maximum atomic E-state index is 11.8. The van der Waals surface area contributed by atoms with Gasteiger partial charge in [-0.25, -0.2) is 0 Å². The number of nitrogens with one attached hydrogen (secondary N) is 2. The first-order chi connectivity index (χ1) is 7.21. The highest BCUT2D eigenvalue weighted by Gasteiger charge is 2.38. The van der Waals surface area contributed by atoms with Gasteiger partial charge in [0.25, 0.3) is 0 Å². The smallest absolute Gasteiger partial charge is 0.226 e. The Bertz CT molecular complexity index is 279. The topological polar surface area (TPSA) is 41.1 Å². The lowest BCUT2D eigenvalue weighted by Gasteiger charge is -2.36. The average Bonchev–Trinajstić information content (AvgIpc) is 2.24. The third-order valence-corrected chi connectivity index (χ3v) is 3.64. The van der Waals surface area contributed by atoms with E-state index in [2.05, 4.69) is 23.6 Å². The van der Waals surface area contributed by atoms with Crippen LogP contribution in [0.25, 0.3) is 0 Å². The van der Waals surface area contributed by atoms with Crippen molar-refractivity contribution in [1.29, 1.82) is 0 Å². The molecule has 0 aromatic rings. The summed E-state index contributed by atoms with van der Waals surface area (Å²) in [5.41, 5.74) is 1.30. The lowest BCUT2D eigenvalue weighted by Crippen LogP contribution is -2.44. The van der Waals surface area contributed by atoms with Crippen molar-refractivity contribution < 1.29 is 4.79 Å². The van der Waals surface area contributed by atoms with E-state index in [0.717, 1.165) is 38.9 Å². The molecule has 2 rings (SSSR count). The maximum absolute atomic E-state index is 11.8. The van der Waals surface area contributed by atoms with Crippen LogP contribution in [0.5, 0.6) is 0 Å². The van der Waals surface area contributed by atoms with Gasteiger partial charge < -0.3 is 10.6 Å². The van der Waals surface area contributed by atoms with Crippen LogP contribution in [0.4, 0.5) is 0 Å². The van der Waals surface area contributed by atoms with Crippen molar-refractivity contribution in [3.63, 3.8) is 0 Å². The van der Waals surface area contributed by atoms with E-state index < -0.39 is 0 Å². The summed E-state index contributed by atoms with van der Waals surface area (Å²) >= 11 is 0. The molecule has 0 saturated heterocycles. The van der Waals surface area contributed by atoms with Gasteiger partial charge in [-0.05, 0) is 25.8 Å². The van der Waals surface area contributed by atoms with E-state index >= 15 is 0 Å². The summed E-state index contributed by atoms with van der Waals surface area (Å²) in [6.07, 6.45) is 6.57. The highest BCUT2D eigenvalue weighted by Crippen LogP contribution is 2.40. The second kappa shape index (κ2) is 4.35. The molecule has 0 radical (unpaired) electrons. The summed E-state index contributed by atoms with van der Waals surface area (Å²) in [4.78, 5) is 11.8. The minimum absolute atomic E-state index is 0.0620. The molecule has 15 heavy (non-hydrogen) atoms. The van der Waals surface area contributed by atoms with Gasteiger partial charge in [-0.3, -0.25) is 4.79 Å². The fourth-order valence-electron chi connectivity index (χ4n) is 2.17. The van der Waals surface area contributed by atoms with E-state index in [9.17, 15) is 4.79 Å². The van der Waals surface area contributed by atoms with Crippen molar-refractivity contribution in [2.45, 2.75) is 32.6 Å². The number of carbonyl (C=O) groups is 1. The molecule has 1 fully saturated rings. The summed E-state index contributed by atoms with van der Waals surface area (Å²) < 4.78 is 0. The maximum Gasteiger partial charge on any atom is 0.226 e. The second-order valence-electron chi connectivity index (χ2n) is 4.91. The number of carbonyl (C=O) groups excluding carboxylic acids is 1. The summed E-state index contributed by atoms with van der Waals surface area (Å²) in [5.74, 6) is 0.244. The van der Waals surface area contributed by atoms with Crippen molar-refractivity contribution in [3.05, 3.63) is 11.6 Å². The van der Waals surface area contributed by atoms with E-state index in [0.29, 0.717) is 0 Å². The van der Waals surface area contributed by atoms with Gasteiger partial charge in [-0.1, -0.05) is 25.0 Å². The molecule has 0 bridgehead atoms. The third kappa shape index (κ3) is 2.40. The van der Waals surface area contributed by atoms with Crippen LogP contribution < -0.4 is 10.6 Å². The highest BCUT2D eigenvalue weighted by atomic mass is 16.2. The lowest BCUT2D eigenvalue weighted by molar-refractivity contribution is -0.134. The van der Waals surface area contributed by atoms with Crippen LogP contribution in [-0.4, -0.2) is 25.5 Å². The van der Waals surface area contributed by atoms with Crippen molar-refractivity contribution in [2.75, 3.05) is 19.6 Å². The number of rotatable bonds is 3. The zero-order valence-electron chi connectivity index (χ0n) is 9.44. The Labute approximate surface area is 91.3 Å². The van der Waals surface area contributed by atoms with Crippen LogP contribution in [0, 0.1) is 5.41 Å². The Hall–Kier alpha value is -0.830. The van der Waals surface area contributed by atoms with E-state index in [4.69, 9.17) is 0 Å². The molecule has 2 aliphatic rings. The summed E-state index contributed by atoms with van der Waals surface area (Å²) in [5, 5.41) is 6.33. The zero-order valence-corrected chi connectivity index (χ0v) is 9.44. The molecule has 3 nitrogen and oxygen atoms in total. The van der Waals surface area contributed by atoms with Crippen LogP contribution in [-0.2, 0) is 4.79 Å². The molecule has 0 aromatic carbocycles. The first kappa shape index (κ1) is 10.7. The summed E-state index contributed by atoms with van der Waals surface area (Å²) in [6.45, 7) is 4.81. The molecule has 1 aliphatic carbocycles. The Morgan fingerprint density at radius 2 is 2.40 bits per heavy atom. The van der Waals surface area contributed by atoms with Gasteiger partial charge in [0.2, 0.25) is 5.91 Å². The van der Waals surface area contributed by atoms with Gasteiger partial charge in [0.05, 0.1) is 0 Å². The minimum Gasteiger partial charge on any atom is -0.352 e. The number of amides is 1. The van der Waals surface area contributed by atoms with Crippen molar-refractivity contribution in [3.8, 4) is 0 Å². The Kier molecular flexibility index (Phi) is 3.10. The molecule has 84 valence electrons. The van der Waals surface area contributed by atoms with Gasteiger partial charge in [0.15, 0.2) is 0 Å². The van der Waals surface area contributed by atoms with Crippen LogP contribution in [0.2, 0.25) is 0 Å². The summed E-state index contributed by atoms with van der Waals surface area (Å²) in [7, 11) is 0. The van der Waals surface area contributed by atoms with Crippen molar-refractivity contribution in [2.24, 2.45) is 5.41 Å². The average molecular weight is 208 g/mol. The van der Waals surface area contributed by atoms with Gasteiger partial charge in [0.1, 0.15) is 0 Å². The predicted octanol–water partition coefficient (Wildman–Crippen LogP) is 1.21. The van der Waals surface area contributed by atoms with Gasteiger partial charge in [0, 0.05) is 18.5 Å². The number of hydrogen-bond donors (Lipinski definition) is 2.